The van der Waals surface area contributed by atoms with E-state index in [9.17, 15) is 4.79 Å². The molecule has 1 amide bonds. The molecule has 2 rings (SSSR count). The predicted molar refractivity (Wildman–Crippen MR) is 61.3 cm³/mol. The maximum Gasteiger partial charge on any atom is 0.267 e. The fourth-order valence-corrected chi connectivity index (χ4v) is 1.75. The number of carbonyl (C=O) groups is 1. The molecule has 0 radical (unpaired) electrons. The molecule has 1 fully saturated rings. The van der Waals surface area contributed by atoms with Gasteiger partial charge in [0.05, 0.1) is 23.8 Å². The lowest BCUT2D eigenvalue weighted by atomic mass is 10.2. The van der Waals surface area contributed by atoms with Gasteiger partial charge < -0.3 is 4.74 Å². The Morgan fingerprint density at radius 2 is 2.00 bits per heavy atom. The summed E-state index contributed by atoms with van der Waals surface area (Å²) < 4.78 is 5.19. The molecule has 1 N–H and O–H groups in total. The minimum absolute atomic E-state index is 0.174. The van der Waals surface area contributed by atoms with E-state index < -0.39 is 0 Å². The van der Waals surface area contributed by atoms with Crippen molar-refractivity contribution in [3.8, 4) is 0 Å². The zero-order valence-electron chi connectivity index (χ0n) is 8.78. The third-order valence-electron chi connectivity index (χ3n) is 2.39. The van der Waals surface area contributed by atoms with E-state index in [1.165, 1.54) is 0 Å². The van der Waals surface area contributed by atoms with Crippen molar-refractivity contribution >= 4 is 17.5 Å². The molecule has 16 heavy (non-hydrogen) atoms. The molecular formula is C11H13ClN2O2. The van der Waals surface area contributed by atoms with E-state index in [-0.39, 0.29) is 5.91 Å². The number of nitrogens with one attached hydrogen (secondary N) is 1. The zero-order chi connectivity index (χ0) is 11.4. The van der Waals surface area contributed by atoms with Gasteiger partial charge >= 0.3 is 0 Å². The summed E-state index contributed by atoms with van der Waals surface area (Å²) in [5, 5.41) is 2.31. The molecule has 5 heteroatoms. The Morgan fingerprint density at radius 1 is 1.31 bits per heavy atom. The van der Waals surface area contributed by atoms with Gasteiger partial charge in [0.15, 0.2) is 0 Å². The number of ether oxygens (including phenoxy) is 1. The third-order valence-corrected chi connectivity index (χ3v) is 2.72. The maximum absolute atomic E-state index is 11.9. The van der Waals surface area contributed by atoms with Crippen LogP contribution in [-0.2, 0) is 4.74 Å². The van der Waals surface area contributed by atoms with Crippen molar-refractivity contribution in [3.05, 3.63) is 34.9 Å². The van der Waals surface area contributed by atoms with Crippen LogP contribution in [0.2, 0.25) is 5.02 Å². The lowest BCUT2D eigenvalue weighted by Crippen LogP contribution is -2.48. The number of carbonyl (C=O) groups excluding carboxylic acids is 1. The SMILES string of the molecule is O=C(NN1CCOCC1)c1ccccc1Cl. The Balaban J connectivity index is 2.00. The van der Waals surface area contributed by atoms with Crippen molar-refractivity contribution in [2.75, 3.05) is 26.3 Å². The Hall–Kier alpha value is -1.10. The smallest absolute Gasteiger partial charge is 0.267 e. The van der Waals surface area contributed by atoms with Crippen LogP contribution in [0, 0.1) is 0 Å². The summed E-state index contributed by atoms with van der Waals surface area (Å²) in [6, 6.07) is 7.00. The number of hydrogen-bond donors (Lipinski definition) is 1. The van der Waals surface area contributed by atoms with Gasteiger partial charge in [0.2, 0.25) is 0 Å². The topological polar surface area (TPSA) is 41.6 Å². The van der Waals surface area contributed by atoms with Crippen LogP contribution in [0.3, 0.4) is 0 Å². The summed E-state index contributed by atoms with van der Waals surface area (Å²) in [4.78, 5) is 11.9. The van der Waals surface area contributed by atoms with E-state index in [1.807, 2.05) is 5.01 Å². The minimum Gasteiger partial charge on any atom is -0.379 e. The zero-order valence-corrected chi connectivity index (χ0v) is 9.54. The van der Waals surface area contributed by atoms with Crippen molar-refractivity contribution in [3.63, 3.8) is 0 Å². The average molecular weight is 241 g/mol. The molecule has 0 unspecified atom stereocenters. The van der Waals surface area contributed by atoms with Gasteiger partial charge in [-0.1, -0.05) is 23.7 Å². The van der Waals surface area contributed by atoms with E-state index in [4.69, 9.17) is 16.3 Å². The van der Waals surface area contributed by atoms with Gasteiger partial charge in [-0.2, -0.15) is 0 Å². The molecule has 0 bridgehead atoms. The fourth-order valence-electron chi connectivity index (χ4n) is 1.52. The molecule has 0 aliphatic carbocycles. The van der Waals surface area contributed by atoms with Crippen LogP contribution in [0.5, 0.6) is 0 Å². The molecule has 1 aliphatic rings. The molecule has 0 spiro atoms. The molecule has 1 heterocycles. The monoisotopic (exact) mass is 240 g/mol. The molecule has 0 saturated carbocycles. The van der Waals surface area contributed by atoms with Crippen molar-refractivity contribution in [1.29, 1.82) is 0 Å². The van der Waals surface area contributed by atoms with E-state index >= 15 is 0 Å². The molecule has 1 aromatic carbocycles. The van der Waals surface area contributed by atoms with E-state index in [0.29, 0.717) is 36.9 Å². The van der Waals surface area contributed by atoms with E-state index in [0.717, 1.165) is 0 Å². The second-order valence-electron chi connectivity index (χ2n) is 3.52. The van der Waals surface area contributed by atoms with Gasteiger partial charge in [0.1, 0.15) is 0 Å². The van der Waals surface area contributed by atoms with Crippen LogP contribution in [0.25, 0.3) is 0 Å². The van der Waals surface area contributed by atoms with Crippen LogP contribution < -0.4 is 5.43 Å². The molecule has 0 aromatic heterocycles. The van der Waals surface area contributed by atoms with Crippen molar-refractivity contribution in [2.45, 2.75) is 0 Å². The second kappa shape index (κ2) is 5.30. The summed E-state index contributed by atoms with van der Waals surface area (Å²) in [6.45, 7) is 2.69. The molecule has 1 saturated heterocycles. The van der Waals surface area contributed by atoms with Crippen LogP contribution in [0.4, 0.5) is 0 Å². The van der Waals surface area contributed by atoms with Gasteiger partial charge in [0.25, 0.3) is 5.91 Å². The van der Waals surface area contributed by atoms with Crippen molar-refractivity contribution < 1.29 is 9.53 Å². The highest BCUT2D eigenvalue weighted by Gasteiger charge is 2.15. The van der Waals surface area contributed by atoms with Gasteiger partial charge in [-0.05, 0) is 12.1 Å². The highest BCUT2D eigenvalue weighted by molar-refractivity contribution is 6.33. The predicted octanol–water partition coefficient (Wildman–Crippen LogP) is 1.32. The highest BCUT2D eigenvalue weighted by Crippen LogP contribution is 2.14. The first-order chi connectivity index (χ1) is 7.77. The van der Waals surface area contributed by atoms with Crippen LogP contribution in [0.15, 0.2) is 24.3 Å². The van der Waals surface area contributed by atoms with Crippen LogP contribution in [0.1, 0.15) is 10.4 Å². The third kappa shape index (κ3) is 2.72. The molecule has 1 aliphatic heterocycles. The average Bonchev–Trinajstić information content (AvgIpc) is 2.31. The quantitative estimate of drug-likeness (QED) is 0.848. The van der Waals surface area contributed by atoms with Crippen molar-refractivity contribution in [1.82, 2.24) is 10.4 Å². The first-order valence-corrected chi connectivity index (χ1v) is 5.53. The summed E-state index contributed by atoms with van der Waals surface area (Å²) in [5.41, 5.74) is 3.30. The summed E-state index contributed by atoms with van der Waals surface area (Å²) in [6.07, 6.45) is 0. The van der Waals surface area contributed by atoms with E-state index in [2.05, 4.69) is 5.43 Å². The number of rotatable bonds is 2. The molecule has 1 aromatic rings. The number of morpholine rings is 1. The van der Waals surface area contributed by atoms with Gasteiger partial charge in [-0.15, -0.1) is 0 Å². The number of amides is 1. The second-order valence-corrected chi connectivity index (χ2v) is 3.93. The summed E-state index contributed by atoms with van der Waals surface area (Å²) >= 11 is 5.93. The lowest BCUT2D eigenvalue weighted by Gasteiger charge is -2.27. The number of halogens is 1. The molecule has 4 nitrogen and oxygen atoms in total. The highest BCUT2D eigenvalue weighted by atomic mass is 35.5. The normalized spacial score (nSPS) is 17.1. The van der Waals surface area contributed by atoms with Gasteiger partial charge in [0, 0.05) is 13.1 Å². The number of nitrogens with zero attached hydrogens (tertiary/aromatic N) is 1. The number of benzene rings is 1. The minimum atomic E-state index is -0.174. The van der Waals surface area contributed by atoms with Crippen LogP contribution >= 0.6 is 11.6 Å². The standard InChI is InChI=1S/C11H13ClN2O2/c12-10-4-2-1-3-9(10)11(15)13-14-5-7-16-8-6-14/h1-4H,5-8H2,(H,13,15). The first kappa shape index (κ1) is 11.4. The van der Waals surface area contributed by atoms with Gasteiger partial charge in [-0.25, -0.2) is 5.01 Å². The fraction of sp³-hybridized carbons (Fsp3) is 0.364. The number of hydrazine groups is 1. The molecule has 0 atom stereocenters. The lowest BCUT2D eigenvalue weighted by molar-refractivity contribution is 0.0126. The Morgan fingerprint density at radius 3 is 2.69 bits per heavy atom. The molecule has 86 valence electrons. The van der Waals surface area contributed by atoms with E-state index in [1.54, 1.807) is 24.3 Å². The Bertz CT molecular complexity index is 378. The maximum atomic E-state index is 11.9. The van der Waals surface area contributed by atoms with Crippen LogP contribution in [-0.4, -0.2) is 37.2 Å². The molecular weight excluding hydrogens is 228 g/mol. The largest absolute Gasteiger partial charge is 0.379 e. The summed E-state index contributed by atoms with van der Waals surface area (Å²) in [5.74, 6) is -0.174. The van der Waals surface area contributed by atoms with Crippen molar-refractivity contribution in [2.24, 2.45) is 0 Å². The number of hydrogen-bond acceptors (Lipinski definition) is 3. The Kier molecular flexibility index (Phi) is 3.77. The van der Waals surface area contributed by atoms with Gasteiger partial charge in [-0.3, -0.25) is 10.2 Å². The Labute approximate surface area is 99.1 Å². The summed E-state index contributed by atoms with van der Waals surface area (Å²) in [7, 11) is 0. The first-order valence-electron chi connectivity index (χ1n) is 5.15.